The molecule has 0 unspecified atom stereocenters. The molecule has 2 aromatic rings. The van der Waals surface area contributed by atoms with Crippen LogP contribution in [0.25, 0.3) is 0 Å². The average Bonchev–Trinajstić information content (AvgIpc) is 2.63. The lowest BCUT2D eigenvalue weighted by molar-refractivity contribution is -0.130. The number of carbonyl (C=O) groups is 1. The highest BCUT2D eigenvalue weighted by Gasteiger charge is 2.22. The highest BCUT2D eigenvalue weighted by Crippen LogP contribution is 2.19. The maximum Gasteiger partial charge on any atom is 0.227 e. The number of nitrogens with zero attached hydrogens (tertiary/aromatic N) is 3. The van der Waals surface area contributed by atoms with Crippen LogP contribution in [0.3, 0.4) is 0 Å². The quantitative estimate of drug-likeness (QED) is 0.922. The fraction of sp³-hybridized carbons (Fsp3) is 0.333. The molecule has 3 rings (SSSR count). The summed E-state index contributed by atoms with van der Waals surface area (Å²) in [7, 11) is 0. The molecule has 6 heteroatoms. The Bertz CT molecular complexity index is 701. The number of aliphatic hydroxyl groups excluding tert-OH is 1. The number of halogens is 1. The summed E-state index contributed by atoms with van der Waals surface area (Å²) in [6.45, 7) is 2.79. The number of hydrogen-bond donors (Lipinski definition) is 1. The van der Waals surface area contributed by atoms with Gasteiger partial charge in [-0.3, -0.25) is 4.79 Å². The van der Waals surface area contributed by atoms with E-state index in [9.17, 15) is 9.90 Å². The highest BCUT2D eigenvalue weighted by atomic mass is 35.5. The third-order valence-corrected chi connectivity index (χ3v) is 4.52. The molecule has 1 amide bonds. The van der Waals surface area contributed by atoms with Crippen molar-refractivity contribution in [1.82, 2.24) is 9.88 Å². The number of anilines is 1. The molecular weight excluding hydrogens is 326 g/mol. The SMILES string of the molecule is O=C(Cc1cc(Cl)ccc1CO)N1CCN(c2ccccn2)CC1. The summed E-state index contributed by atoms with van der Waals surface area (Å²) in [5, 5.41) is 9.99. The van der Waals surface area contributed by atoms with Gasteiger partial charge in [-0.25, -0.2) is 4.98 Å². The number of hydrogen-bond acceptors (Lipinski definition) is 4. The first-order valence-electron chi connectivity index (χ1n) is 7.99. The van der Waals surface area contributed by atoms with Gasteiger partial charge in [-0.05, 0) is 35.4 Å². The summed E-state index contributed by atoms with van der Waals surface area (Å²) in [5.74, 6) is 1.01. The number of benzene rings is 1. The van der Waals surface area contributed by atoms with Crippen LogP contribution in [0.15, 0.2) is 42.6 Å². The van der Waals surface area contributed by atoms with Crippen molar-refractivity contribution in [2.45, 2.75) is 13.0 Å². The Labute approximate surface area is 146 Å². The number of aliphatic hydroxyl groups is 1. The fourth-order valence-electron chi connectivity index (χ4n) is 2.91. The molecule has 0 spiro atoms. The minimum absolute atomic E-state index is 0.0626. The zero-order valence-corrected chi connectivity index (χ0v) is 14.1. The molecular formula is C18H20ClN3O2. The van der Waals surface area contributed by atoms with Gasteiger partial charge in [0.15, 0.2) is 0 Å². The normalized spacial score (nSPS) is 14.8. The van der Waals surface area contributed by atoms with Crippen molar-refractivity contribution >= 4 is 23.3 Å². The number of pyridine rings is 1. The molecule has 5 nitrogen and oxygen atoms in total. The molecule has 1 aromatic heterocycles. The van der Waals surface area contributed by atoms with Gasteiger partial charge >= 0.3 is 0 Å². The van der Waals surface area contributed by atoms with E-state index in [1.807, 2.05) is 23.1 Å². The lowest BCUT2D eigenvalue weighted by Gasteiger charge is -2.35. The summed E-state index contributed by atoms with van der Waals surface area (Å²) in [6, 6.07) is 11.1. The highest BCUT2D eigenvalue weighted by molar-refractivity contribution is 6.30. The smallest absolute Gasteiger partial charge is 0.227 e. The summed E-state index contributed by atoms with van der Waals surface area (Å²) < 4.78 is 0. The second-order valence-corrected chi connectivity index (χ2v) is 6.24. The van der Waals surface area contributed by atoms with Gasteiger partial charge in [0, 0.05) is 37.4 Å². The number of carbonyl (C=O) groups excluding carboxylic acids is 1. The Morgan fingerprint density at radius 2 is 1.92 bits per heavy atom. The molecule has 24 heavy (non-hydrogen) atoms. The van der Waals surface area contributed by atoms with Crippen molar-refractivity contribution in [3.8, 4) is 0 Å². The van der Waals surface area contributed by atoms with E-state index in [1.54, 1.807) is 24.4 Å². The second-order valence-electron chi connectivity index (χ2n) is 5.80. The average molecular weight is 346 g/mol. The van der Waals surface area contributed by atoms with Crippen molar-refractivity contribution in [1.29, 1.82) is 0 Å². The van der Waals surface area contributed by atoms with Crippen LogP contribution >= 0.6 is 11.6 Å². The van der Waals surface area contributed by atoms with Crippen molar-refractivity contribution in [3.63, 3.8) is 0 Å². The summed E-state index contributed by atoms with van der Waals surface area (Å²) in [4.78, 5) is 21.0. The number of piperazine rings is 1. The third kappa shape index (κ3) is 3.86. The number of aromatic nitrogens is 1. The van der Waals surface area contributed by atoms with E-state index in [0.29, 0.717) is 18.1 Å². The molecule has 1 saturated heterocycles. The number of rotatable bonds is 4. The molecule has 0 atom stereocenters. The molecule has 2 heterocycles. The Kier molecular flexibility index (Phi) is 5.33. The molecule has 0 aliphatic carbocycles. The molecule has 126 valence electrons. The predicted molar refractivity (Wildman–Crippen MR) is 94.1 cm³/mol. The van der Waals surface area contributed by atoms with E-state index in [2.05, 4.69) is 9.88 Å². The lowest BCUT2D eigenvalue weighted by atomic mass is 10.0. The molecule has 0 radical (unpaired) electrons. The van der Waals surface area contributed by atoms with Crippen LogP contribution in [0.2, 0.25) is 5.02 Å². The van der Waals surface area contributed by atoms with Gasteiger partial charge in [-0.2, -0.15) is 0 Å². The number of amides is 1. The van der Waals surface area contributed by atoms with E-state index >= 15 is 0 Å². The van der Waals surface area contributed by atoms with Crippen molar-refractivity contribution < 1.29 is 9.90 Å². The lowest BCUT2D eigenvalue weighted by Crippen LogP contribution is -2.49. The van der Waals surface area contributed by atoms with Gasteiger partial charge in [-0.1, -0.05) is 23.7 Å². The van der Waals surface area contributed by atoms with E-state index < -0.39 is 0 Å². The molecule has 1 N–H and O–H groups in total. The Morgan fingerprint density at radius 3 is 2.58 bits per heavy atom. The second kappa shape index (κ2) is 7.64. The Hall–Kier alpha value is -2.11. The van der Waals surface area contributed by atoms with Crippen molar-refractivity contribution in [3.05, 3.63) is 58.7 Å². The molecule has 1 fully saturated rings. The summed E-state index contributed by atoms with van der Waals surface area (Å²) in [6.07, 6.45) is 2.04. The van der Waals surface area contributed by atoms with E-state index in [0.717, 1.165) is 30.0 Å². The van der Waals surface area contributed by atoms with Crippen LogP contribution in [-0.4, -0.2) is 47.1 Å². The molecule has 1 aliphatic heterocycles. The van der Waals surface area contributed by atoms with Crippen molar-refractivity contribution in [2.24, 2.45) is 0 Å². The van der Waals surface area contributed by atoms with Gasteiger partial charge in [0.2, 0.25) is 5.91 Å². The maximum atomic E-state index is 12.6. The fourth-order valence-corrected chi connectivity index (χ4v) is 3.11. The molecule has 1 aliphatic rings. The van der Waals surface area contributed by atoms with Gasteiger partial charge in [0.25, 0.3) is 0 Å². The van der Waals surface area contributed by atoms with Gasteiger partial charge in [-0.15, -0.1) is 0 Å². The van der Waals surface area contributed by atoms with Crippen LogP contribution in [0, 0.1) is 0 Å². The Balaban J connectivity index is 1.61. The summed E-state index contributed by atoms with van der Waals surface area (Å²) in [5.41, 5.74) is 1.54. The van der Waals surface area contributed by atoms with Crippen LogP contribution in [0.4, 0.5) is 5.82 Å². The molecule has 0 saturated carbocycles. The van der Waals surface area contributed by atoms with Gasteiger partial charge in [0.05, 0.1) is 13.0 Å². The zero-order valence-electron chi connectivity index (χ0n) is 13.4. The molecule has 1 aromatic carbocycles. The zero-order chi connectivity index (χ0) is 16.9. The van der Waals surface area contributed by atoms with Crippen LogP contribution in [0.1, 0.15) is 11.1 Å². The summed E-state index contributed by atoms with van der Waals surface area (Å²) >= 11 is 6.01. The first-order chi connectivity index (χ1) is 11.7. The van der Waals surface area contributed by atoms with E-state index in [4.69, 9.17) is 11.6 Å². The maximum absolute atomic E-state index is 12.6. The first-order valence-corrected chi connectivity index (χ1v) is 8.37. The van der Waals surface area contributed by atoms with Crippen molar-refractivity contribution in [2.75, 3.05) is 31.1 Å². The Morgan fingerprint density at radius 1 is 1.12 bits per heavy atom. The predicted octanol–water partition coefficient (Wildman–Crippen LogP) is 2.12. The minimum Gasteiger partial charge on any atom is -0.392 e. The van der Waals surface area contributed by atoms with Gasteiger partial charge < -0.3 is 14.9 Å². The minimum atomic E-state index is -0.0900. The van der Waals surface area contributed by atoms with Gasteiger partial charge in [0.1, 0.15) is 5.82 Å². The van der Waals surface area contributed by atoms with Crippen LogP contribution < -0.4 is 4.90 Å². The first kappa shape index (κ1) is 16.7. The van der Waals surface area contributed by atoms with Crippen LogP contribution in [0.5, 0.6) is 0 Å². The third-order valence-electron chi connectivity index (χ3n) is 4.29. The standard InChI is InChI=1S/C18H20ClN3O2/c19-16-5-4-14(13-23)15(11-16)12-18(24)22-9-7-21(8-10-22)17-3-1-2-6-20-17/h1-6,11,23H,7-10,12-13H2. The van der Waals surface area contributed by atoms with E-state index in [-0.39, 0.29) is 18.9 Å². The molecule has 0 bridgehead atoms. The monoisotopic (exact) mass is 345 g/mol. The van der Waals surface area contributed by atoms with E-state index in [1.165, 1.54) is 0 Å². The van der Waals surface area contributed by atoms with Crippen LogP contribution in [-0.2, 0) is 17.8 Å². The largest absolute Gasteiger partial charge is 0.392 e. The topological polar surface area (TPSA) is 56.7 Å².